The van der Waals surface area contributed by atoms with Crippen LogP contribution in [0.1, 0.15) is 33.6 Å². The quantitative estimate of drug-likeness (QED) is 0.683. The minimum Gasteiger partial charge on any atom is -0.379 e. The molecule has 0 saturated carbocycles. The normalized spacial score (nSPS) is 10.8. The summed E-state index contributed by atoms with van der Waals surface area (Å²) in [7, 11) is 0. The number of hydrogen-bond donors (Lipinski definition) is 2. The zero-order chi connectivity index (χ0) is 14.1. The number of nitrogens with one attached hydrogen (secondary N) is 2. The molecule has 1 rings (SSSR count). The fraction of sp³-hybridized carbons (Fsp3) is 0.692. The summed E-state index contributed by atoms with van der Waals surface area (Å²) in [5, 5.41) is 6.82. The highest BCUT2D eigenvalue weighted by atomic mass is 35.5. The fourth-order valence-electron chi connectivity index (χ4n) is 1.49. The van der Waals surface area contributed by atoms with E-state index in [2.05, 4.69) is 20.6 Å². The van der Waals surface area contributed by atoms with Crippen LogP contribution in [-0.2, 0) is 4.74 Å². The highest BCUT2D eigenvalue weighted by Crippen LogP contribution is 2.19. The van der Waals surface area contributed by atoms with Crippen LogP contribution in [0.3, 0.4) is 0 Å². The van der Waals surface area contributed by atoms with Gasteiger partial charge in [0.1, 0.15) is 10.8 Å². The highest BCUT2D eigenvalue weighted by Gasteiger charge is 2.04. The lowest BCUT2D eigenvalue weighted by Gasteiger charge is -2.10. The van der Waals surface area contributed by atoms with Crippen LogP contribution in [0, 0.1) is 0 Å². The first-order valence-corrected chi connectivity index (χ1v) is 7.13. The third kappa shape index (κ3) is 6.59. The summed E-state index contributed by atoms with van der Waals surface area (Å²) < 4.78 is 5.48. The van der Waals surface area contributed by atoms with Gasteiger partial charge in [-0.2, -0.15) is 4.98 Å². The molecular weight excluding hydrogens is 264 g/mol. The van der Waals surface area contributed by atoms with Gasteiger partial charge in [0, 0.05) is 19.7 Å². The largest absolute Gasteiger partial charge is 0.379 e. The van der Waals surface area contributed by atoms with E-state index in [0.717, 1.165) is 32.5 Å². The summed E-state index contributed by atoms with van der Waals surface area (Å²) in [5.41, 5.74) is 0. The van der Waals surface area contributed by atoms with E-state index >= 15 is 0 Å². The van der Waals surface area contributed by atoms with Crippen LogP contribution in [0.5, 0.6) is 0 Å². The number of hydrogen-bond acceptors (Lipinski definition) is 5. The summed E-state index contributed by atoms with van der Waals surface area (Å²) >= 11 is 6.04. The molecule has 2 N–H and O–H groups in total. The number of halogens is 1. The van der Waals surface area contributed by atoms with Gasteiger partial charge in [-0.1, -0.05) is 11.6 Å². The lowest BCUT2D eigenvalue weighted by atomic mass is 10.3. The lowest BCUT2D eigenvalue weighted by molar-refractivity contribution is 0.0765. The first-order chi connectivity index (χ1) is 9.13. The predicted molar refractivity (Wildman–Crippen MR) is 80.0 cm³/mol. The molecule has 0 bridgehead atoms. The van der Waals surface area contributed by atoms with Crippen molar-refractivity contribution in [3.63, 3.8) is 0 Å². The smallest absolute Gasteiger partial charge is 0.224 e. The molecule has 1 aromatic rings. The van der Waals surface area contributed by atoms with Crippen molar-refractivity contribution in [2.75, 3.05) is 30.3 Å². The molecule has 0 aliphatic carbocycles. The van der Waals surface area contributed by atoms with Crippen LogP contribution in [-0.4, -0.2) is 35.8 Å². The second-order valence-corrected chi connectivity index (χ2v) is 4.88. The summed E-state index contributed by atoms with van der Waals surface area (Å²) in [6.45, 7) is 8.49. The van der Waals surface area contributed by atoms with Gasteiger partial charge in [0.15, 0.2) is 0 Å². The Morgan fingerprint density at radius 2 is 2.11 bits per heavy atom. The van der Waals surface area contributed by atoms with Crippen LogP contribution < -0.4 is 10.6 Å². The Hall–Kier alpha value is -1.07. The SMILES string of the molecule is CCNc1ncc(Cl)c(NCCCCOC(C)C)n1. The average Bonchev–Trinajstić information content (AvgIpc) is 2.37. The van der Waals surface area contributed by atoms with E-state index in [1.165, 1.54) is 0 Å². The molecule has 0 aliphatic heterocycles. The van der Waals surface area contributed by atoms with Gasteiger partial charge in [0.25, 0.3) is 0 Å². The Balaban J connectivity index is 2.30. The standard InChI is InChI=1S/C13H23ClN4O/c1-4-15-13-17-9-11(14)12(18-13)16-7-5-6-8-19-10(2)3/h9-10H,4-8H2,1-3H3,(H2,15,16,17,18). The predicted octanol–water partition coefficient (Wildman–Crippen LogP) is 3.18. The molecule has 0 amide bonds. The van der Waals surface area contributed by atoms with E-state index in [1.807, 2.05) is 20.8 Å². The summed E-state index contributed by atoms with van der Waals surface area (Å²) in [4.78, 5) is 8.40. The monoisotopic (exact) mass is 286 g/mol. The van der Waals surface area contributed by atoms with Gasteiger partial charge >= 0.3 is 0 Å². The zero-order valence-corrected chi connectivity index (χ0v) is 12.6. The van der Waals surface area contributed by atoms with E-state index in [1.54, 1.807) is 6.20 Å². The van der Waals surface area contributed by atoms with E-state index in [4.69, 9.17) is 16.3 Å². The Kier molecular flexibility index (Phi) is 7.52. The van der Waals surface area contributed by atoms with Crippen LogP contribution in [0.25, 0.3) is 0 Å². The molecule has 5 nitrogen and oxygen atoms in total. The van der Waals surface area contributed by atoms with E-state index < -0.39 is 0 Å². The highest BCUT2D eigenvalue weighted by molar-refractivity contribution is 6.32. The van der Waals surface area contributed by atoms with Crippen molar-refractivity contribution in [3.05, 3.63) is 11.2 Å². The maximum absolute atomic E-state index is 6.04. The Labute approximate surface area is 120 Å². The molecule has 0 fully saturated rings. The minimum atomic E-state index is 0.298. The lowest BCUT2D eigenvalue weighted by Crippen LogP contribution is -2.09. The number of unbranched alkanes of at least 4 members (excludes halogenated alkanes) is 1. The van der Waals surface area contributed by atoms with Crippen molar-refractivity contribution < 1.29 is 4.74 Å². The van der Waals surface area contributed by atoms with Gasteiger partial charge in [-0.15, -0.1) is 0 Å². The fourth-order valence-corrected chi connectivity index (χ4v) is 1.65. The topological polar surface area (TPSA) is 59.1 Å². The van der Waals surface area contributed by atoms with Gasteiger partial charge in [0.05, 0.1) is 12.3 Å². The number of nitrogens with zero attached hydrogens (tertiary/aromatic N) is 2. The van der Waals surface area contributed by atoms with Crippen LogP contribution >= 0.6 is 11.6 Å². The van der Waals surface area contributed by atoms with Gasteiger partial charge in [-0.25, -0.2) is 4.98 Å². The average molecular weight is 287 g/mol. The van der Waals surface area contributed by atoms with Crippen LogP contribution in [0.4, 0.5) is 11.8 Å². The van der Waals surface area contributed by atoms with E-state index in [0.29, 0.717) is 22.9 Å². The molecular formula is C13H23ClN4O. The van der Waals surface area contributed by atoms with Crippen molar-refractivity contribution in [3.8, 4) is 0 Å². The van der Waals surface area contributed by atoms with Crippen molar-refractivity contribution in [2.45, 2.75) is 39.7 Å². The van der Waals surface area contributed by atoms with Gasteiger partial charge < -0.3 is 15.4 Å². The molecule has 1 heterocycles. The molecule has 19 heavy (non-hydrogen) atoms. The third-order valence-corrected chi connectivity index (χ3v) is 2.67. The first-order valence-electron chi connectivity index (χ1n) is 6.75. The molecule has 0 saturated heterocycles. The molecule has 0 spiro atoms. The number of rotatable bonds is 9. The maximum Gasteiger partial charge on any atom is 0.224 e. The maximum atomic E-state index is 6.04. The summed E-state index contributed by atoms with van der Waals surface area (Å²) in [6.07, 6.45) is 3.95. The van der Waals surface area contributed by atoms with Gasteiger partial charge in [0.2, 0.25) is 5.95 Å². The minimum absolute atomic E-state index is 0.298. The molecule has 0 aromatic carbocycles. The van der Waals surface area contributed by atoms with E-state index in [-0.39, 0.29) is 0 Å². The van der Waals surface area contributed by atoms with Crippen LogP contribution in [0.2, 0.25) is 5.02 Å². The second-order valence-electron chi connectivity index (χ2n) is 4.47. The molecule has 0 radical (unpaired) electrons. The second kappa shape index (κ2) is 8.93. The Bertz CT molecular complexity index is 374. The van der Waals surface area contributed by atoms with Gasteiger partial charge in [-0.3, -0.25) is 0 Å². The summed E-state index contributed by atoms with van der Waals surface area (Å²) in [6, 6.07) is 0. The van der Waals surface area contributed by atoms with E-state index in [9.17, 15) is 0 Å². The number of ether oxygens (including phenoxy) is 1. The molecule has 0 unspecified atom stereocenters. The first kappa shape index (κ1) is 16.0. The van der Waals surface area contributed by atoms with Crippen molar-refractivity contribution >= 4 is 23.4 Å². The molecule has 108 valence electrons. The Morgan fingerprint density at radius 1 is 1.32 bits per heavy atom. The number of anilines is 2. The molecule has 1 aromatic heterocycles. The van der Waals surface area contributed by atoms with Crippen molar-refractivity contribution in [1.82, 2.24) is 9.97 Å². The van der Waals surface area contributed by atoms with Crippen molar-refractivity contribution in [1.29, 1.82) is 0 Å². The zero-order valence-electron chi connectivity index (χ0n) is 11.9. The molecule has 6 heteroatoms. The van der Waals surface area contributed by atoms with Gasteiger partial charge in [-0.05, 0) is 33.6 Å². The third-order valence-electron chi connectivity index (χ3n) is 2.39. The van der Waals surface area contributed by atoms with Crippen molar-refractivity contribution in [2.24, 2.45) is 0 Å². The molecule has 0 atom stereocenters. The van der Waals surface area contributed by atoms with Crippen LogP contribution in [0.15, 0.2) is 6.20 Å². The Morgan fingerprint density at radius 3 is 2.79 bits per heavy atom. The molecule has 0 aliphatic rings. The number of aromatic nitrogens is 2. The summed E-state index contributed by atoms with van der Waals surface area (Å²) in [5.74, 6) is 1.27.